The first kappa shape index (κ1) is 14.5. The predicted molar refractivity (Wildman–Crippen MR) is 82.4 cm³/mol. The summed E-state index contributed by atoms with van der Waals surface area (Å²) in [5.41, 5.74) is 8.34. The maximum Gasteiger partial charge on any atom is 0.258 e. The lowest BCUT2D eigenvalue weighted by atomic mass is 10.1. The molecule has 0 radical (unpaired) electrons. The largest absolute Gasteiger partial charge is 0.399 e. The molecule has 3 nitrogen and oxygen atoms in total. The monoisotopic (exact) mass is 336 g/mol. The summed E-state index contributed by atoms with van der Waals surface area (Å²) >= 11 is 3.46. The number of nitrogens with two attached hydrogens (primary N) is 1. The summed E-state index contributed by atoms with van der Waals surface area (Å²) < 4.78 is 14.7. The maximum absolute atomic E-state index is 13.7. The maximum atomic E-state index is 13.7. The van der Waals surface area contributed by atoms with E-state index in [9.17, 15) is 9.18 Å². The number of carbonyl (C=O) groups excluding carboxylic acids is 1. The predicted octanol–water partition coefficient (Wildman–Crippen LogP) is 4.04. The number of anilines is 2. The van der Waals surface area contributed by atoms with Crippen molar-refractivity contribution >= 4 is 33.2 Å². The van der Waals surface area contributed by atoms with Gasteiger partial charge in [-0.1, -0.05) is 15.9 Å². The Labute approximate surface area is 125 Å². The zero-order valence-electron chi connectivity index (χ0n) is 11.1. The molecule has 104 valence electrons. The van der Waals surface area contributed by atoms with Crippen LogP contribution in [0.25, 0.3) is 0 Å². The Kier molecular flexibility index (Phi) is 4.09. The van der Waals surface area contributed by atoms with Crippen molar-refractivity contribution in [3.63, 3.8) is 0 Å². The lowest BCUT2D eigenvalue weighted by Crippen LogP contribution is -2.14. The van der Waals surface area contributed by atoms with Crippen LogP contribution in [0.5, 0.6) is 0 Å². The third-order valence-corrected chi connectivity index (χ3v) is 4.18. The molecule has 20 heavy (non-hydrogen) atoms. The van der Waals surface area contributed by atoms with E-state index < -0.39 is 11.7 Å². The Morgan fingerprint density at radius 1 is 1.20 bits per heavy atom. The van der Waals surface area contributed by atoms with Crippen molar-refractivity contribution in [3.8, 4) is 0 Å². The van der Waals surface area contributed by atoms with E-state index in [1.807, 2.05) is 26.0 Å². The molecule has 0 saturated heterocycles. The number of amides is 1. The average molecular weight is 337 g/mol. The minimum absolute atomic E-state index is 0.0302. The van der Waals surface area contributed by atoms with Crippen LogP contribution in [0, 0.1) is 19.7 Å². The zero-order chi connectivity index (χ0) is 14.9. The van der Waals surface area contributed by atoms with Crippen molar-refractivity contribution in [2.45, 2.75) is 13.8 Å². The molecule has 0 unspecified atom stereocenters. The number of carbonyl (C=O) groups is 1. The zero-order valence-corrected chi connectivity index (χ0v) is 12.7. The molecule has 0 atom stereocenters. The summed E-state index contributed by atoms with van der Waals surface area (Å²) in [6, 6.07) is 7.65. The van der Waals surface area contributed by atoms with Gasteiger partial charge in [0.1, 0.15) is 5.82 Å². The van der Waals surface area contributed by atoms with Crippen LogP contribution >= 0.6 is 15.9 Å². The summed E-state index contributed by atoms with van der Waals surface area (Å²) in [5.74, 6) is -1.13. The normalized spacial score (nSPS) is 10.4. The van der Waals surface area contributed by atoms with Crippen LogP contribution in [-0.4, -0.2) is 5.91 Å². The van der Waals surface area contributed by atoms with E-state index in [0.29, 0.717) is 5.69 Å². The fourth-order valence-electron chi connectivity index (χ4n) is 1.93. The molecule has 0 bridgehead atoms. The van der Waals surface area contributed by atoms with Crippen LogP contribution in [0.2, 0.25) is 0 Å². The number of rotatable bonds is 2. The van der Waals surface area contributed by atoms with Gasteiger partial charge in [0.2, 0.25) is 0 Å². The van der Waals surface area contributed by atoms with Gasteiger partial charge in [0.15, 0.2) is 0 Å². The Bertz CT molecular complexity index is 663. The van der Waals surface area contributed by atoms with Crippen molar-refractivity contribution in [2.75, 3.05) is 11.1 Å². The second-order valence-electron chi connectivity index (χ2n) is 4.62. The molecule has 0 aromatic heterocycles. The van der Waals surface area contributed by atoms with Gasteiger partial charge in [-0.05, 0) is 55.3 Å². The van der Waals surface area contributed by atoms with Crippen LogP contribution in [0.15, 0.2) is 34.8 Å². The Balaban J connectivity index is 2.28. The molecule has 1 amide bonds. The first-order valence-corrected chi connectivity index (χ1v) is 6.81. The fraction of sp³-hybridized carbons (Fsp3) is 0.133. The third-order valence-electron chi connectivity index (χ3n) is 2.93. The van der Waals surface area contributed by atoms with E-state index >= 15 is 0 Å². The first-order valence-electron chi connectivity index (χ1n) is 6.01. The van der Waals surface area contributed by atoms with Gasteiger partial charge in [-0.3, -0.25) is 4.79 Å². The minimum Gasteiger partial charge on any atom is -0.399 e. The summed E-state index contributed by atoms with van der Waals surface area (Å²) in [4.78, 5) is 12.1. The highest BCUT2D eigenvalue weighted by atomic mass is 79.9. The van der Waals surface area contributed by atoms with E-state index in [4.69, 9.17) is 5.73 Å². The van der Waals surface area contributed by atoms with Crippen molar-refractivity contribution in [1.82, 2.24) is 0 Å². The molecular weight excluding hydrogens is 323 g/mol. The number of nitrogens with one attached hydrogen (secondary N) is 1. The summed E-state index contributed by atoms with van der Waals surface area (Å²) in [5, 5.41) is 2.69. The molecule has 0 spiro atoms. The smallest absolute Gasteiger partial charge is 0.258 e. The molecule has 0 aliphatic rings. The summed E-state index contributed by atoms with van der Waals surface area (Å²) in [6.45, 7) is 3.85. The van der Waals surface area contributed by atoms with Crippen LogP contribution < -0.4 is 11.1 Å². The van der Waals surface area contributed by atoms with Crippen LogP contribution in [0.4, 0.5) is 15.8 Å². The molecule has 0 aliphatic heterocycles. The molecule has 2 aromatic carbocycles. The first-order chi connectivity index (χ1) is 9.38. The Hall–Kier alpha value is -1.88. The number of hydrogen-bond acceptors (Lipinski definition) is 2. The van der Waals surface area contributed by atoms with Gasteiger partial charge in [0.05, 0.1) is 5.56 Å². The molecule has 3 N–H and O–H groups in total. The average Bonchev–Trinajstić information content (AvgIpc) is 2.35. The molecule has 0 aliphatic carbocycles. The van der Waals surface area contributed by atoms with Gasteiger partial charge in [-0.15, -0.1) is 0 Å². The molecular formula is C15H14BrFN2O. The molecule has 0 saturated carbocycles. The fourth-order valence-corrected chi connectivity index (χ4v) is 2.16. The quantitative estimate of drug-likeness (QED) is 0.813. The number of aryl methyl sites for hydroxylation is 2. The second kappa shape index (κ2) is 5.63. The Morgan fingerprint density at radius 3 is 2.35 bits per heavy atom. The second-order valence-corrected chi connectivity index (χ2v) is 5.41. The summed E-state index contributed by atoms with van der Waals surface area (Å²) in [7, 11) is 0. The molecule has 0 fully saturated rings. The van der Waals surface area contributed by atoms with E-state index in [1.54, 1.807) is 0 Å². The molecule has 0 heterocycles. The van der Waals surface area contributed by atoms with Crippen LogP contribution in [0.3, 0.4) is 0 Å². The van der Waals surface area contributed by atoms with Crippen LogP contribution in [-0.2, 0) is 0 Å². The number of hydrogen-bond donors (Lipinski definition) is 2. The van der Waals surface area contributed by atoms with Gasteiger partial charge >= 0.3 is 0 Å². The highest BCUT2D eigenvalue weighted by Crippen LogP contribution is 2.25. The number of halogens is 2. The number of nitrogen functional groups attached to an aromatic ring is 1. The van der Waals surface area contributed by atoms with E-state index in [2.05, 4.69) is 21.2 Å². The lowest BCUT2D eigenvalue weighted by molar-refractivity contribution is 0.102. The van der Waals surface area contributed by atoms with Crippen molar-refractivity contribution in [2.24, 2.45) is 0 Å². The van der Waals surface area contributed by atoms with Gasteiger partial charge in [0.25, 0.3) is 5.91 Å². The van der Waals surface area contributed by atoms with E-state index in [1.165, 1.54) is 12.1 Å². The van der Waals surface area contributed by atoms with Crippen molar-refractivity contribution in [1.29, 1.82) is 0 Å². The van der Waals surface area contributed by atoms with E-state index in [0.717, 1.165) is 21.7 Å². The van der Waals surface area contributed by atoms with Gasteiger partial charge in [-0.25, -0.2) is 4.39 Å². The Morgan fingerprint density at radius 2 is 1.80 bits per heavy atom. The molecule has 5 heteroatoms. The highest BCUT2D eigenvalue weighted by Gasteiger charge is 2.13. The topological polar surface area (TPSA) is 55.1 Å². The minimum atomic E-state index is -0.631. The SMILES string of the molecule is Cc1cc(NC(=O)c2ccc(N)cc2F)cc(C)c1Br. The third kappa shape index (κ3) is 2.99. The van der Waals surface area contributed by atoms with Crippen LogP contribution in [0.1, 0.15) is 21.5 Å². The van der Waals surface area contributed by atoms with Crippen molar-refractivity contribution < 1.29 is 9.18 Å². The van der Waals surface area contributed by atoms with E-state index in [-0.39, 0.29) is 11.3 Å². The summed E-state index contributed by atoms with van der Waals surface area (Å²) in [6.07, 6.45) is 0. The highest BCUT2D eigenvalue weighted by molar-refractivity contribution is 9.10. The van der Waals surface area contributed by atoms with Crippen molar-refractivity contribution in [3.05, 3.63) is 57.3 Å². The van der Waals surface area contributed by atoms with Gasteiger partial charge in [0, 0.05) is 15.8 Å². The number of benzene rings is 2. The molecule has 2 aromatic rings. The van der Waals surface area contributed by atoms with Gasteiger partial charge in [-0.2, -0.15) is 0 Å². The van der Waals surface area contributed by atoms with Gasteiger partial charge < -0.3 is 11.1 Å². The molecule has 2 rings (SSSR count). The standard InChI is InChI=1S/C15H14BrFN2O/c1-8-5-11(6-9(2)14(8)16)19-15(20)12-4-3-10(18)7-13(12)17/h3-7H,18H2,1-2H3,(H,19,20). The lowest BCUT2D eigenvalue weighted by Gasteiger charge is -2.10.